The molecule has 57 heavy (non-hydrogen) atoms. The fourth-order valence-electron chi connectivity index (χ4n) is 8.17. The highest BCUT2D eigenvalue weighted by Crippen LogP contribution is 2.33. The van der Waals surface area contributed by atoms with E-state index in [4.69, 9.17) is 5.73 Å². The van der Waals surface area contributed by atoms with Gasteiger partial charge < -0.3 is 30.7 Å². The predicted molar refractivity (Wildman–Crippen MR) is 211 cm³/mol. The van der Waals surface area contributed by atoms with E-state index in [0.29, 0.717) is 74.0 Å². The van der Waals surface area contributed by atoms with Gasteiger partial charge in [0.1, 0.15) is 17.9 Å². The number of nitrogens with zero attached hydrogens (tertiary/aromatic N) is 6. The Labute approximate surface area is 331 Å². The van der Waals surface area contributed by atoms with Gasteiger partial charge in [0, 0.05) is 89.0 Å². The highest BCUT2D eigenvalue weighted by atomic mass is 16.2. The second-order valence-corrected chi connectivity index (χ2v) is 15.1. The molecule has 3 fully saturated rings. The summed E-state index contributed by atoms with van der Waals surface area (Å²) in [6, 6.07) is 10.8. The number of piperazine rings is 1. The SMILES string of the molecule is NC(C(=O)N1CCN(c2ccc(C(=O)N3CCC(CCCCNC(=O)/C=C/c4cccnc4)CC3)cn2)CC1)c1cccc2c1CN(C1CCC(=O)NC1=O)C2=O. The highest BCUT2D eigenvalue weighted by molar-refractivity contribution is 6.05. The van der Waals surface area contributed by atoms with Crippen LogP contribution in [0.3, 0.4) is 0 Å². The number of hydrogen-bond donors (Lipinski definition) is 3. The summed E-state index contributed by atoms with van der Waals surface area (Å²) in [6.07, 6.45) is 13.6. The lowest BCUT2D eigenvalue weighted by atomic mass is 9.91. The number of nitrogens with two attached hydrogens (primary N) is 1. The molecule has 7 rings (SSSR count). The number of fused-ring (bicyclic) bond motifs is 1. The number of pyridine rings is 2. The van der Waals surface area contributed by atoms with Gasteiger partial charge in [0.15, 0.2) is 0 Å². The molecule has 15 heteroatoms. The van der Waals surface area contributed by atoms with Gasteiger partial charge in [-0.2, -0.15) is 0 Å². The second-order valence-electron chi connectivity index (χ2n) is 15.1. The van der Waals surface area contributed by atoms with Crippen LogP contribution in [0.5, 0.6) is 0 Å². The molecule has 4 aliphatic heterocycles. The first kappa shape index (κ1) is 39.3. The van der Waals surface area contributed by atoms with Gasteiger partial charge in [-0.3, -0.25) is 39.1 Å². The van der Waals surface area contributed by atoms with Crippen LogP contribution in [-0.4, -0.2) is 112 Å². The average Bonchev–Trinajstić information content (AvgIpc) is 3.58. The third-order valence-corrected chi connectivity index (χ3v) is 11.5. The van der Waals surface area contributed by atoms with Gasteiger partial charge in [0.2, 0.25) is 23.6 Å². The molecule has 6 heterocycles. The molecule has 15 nitrogen and oxygen atoms in total. The highest BCUT2D eigenvalue weighted by Gasteiger charge is 2.41. The number of nitrogens with one attached hydrogen (secondary N) is 2. The van der Waals surface area contributed by atoms with Gasteiger partial charge in [-0.1, -0.05) is 31.0 Å². The number of unbranched alkanes of at least 4 members (excludes halogenated alkanes) is 1. The standard InChI is InChI=1S/C42H49N9O6/c43-38(31-7-3-8-32-33(31)27-51(41(32)56)34-11-14-37(53)47-39(34)54)42(57)50-23-21-48(22-24-50)35-12-10-30(26-46-35)40(55)49-19-15-28(16-20-49)5-1-2-18-45-36(52)13-9-29-6-4-17-44-25-29/h3-4,6-10,12-13,17,25-26,28,34,38H,1-2,5,11,14-16,18-24,27,43H2,(H,45,52)(H,47,53,54)/b13-9+. The third-order valence-electron chi connectivity index (χ3n) is 11.5. The number of piperidine rings is 2. The fraction of sp³-hybridized carbons (Fsp3) is 0.429. The molecule has 3 aromatic rings. The van der Waals surface area contributed by atoms with Crippen molar-refractivity contribution in [1.29, 1.82) is 0 Å². The molecule has 1 aromatic carbocycles. The van der Waals surface area contributed by atoms with Crippen LogP contribution in [-0.2, 0) is 25.7 Å². The lowest BCUT2D eigenvalue weighted by Gasteiger charge is -2.36. The number of rotatable bonds is 12. The maximum Gasteiger partial charge on any atom is 0.255 e. The van der Waals surface area contributed by atoms with Crippen molar-refractivity contribution in [2.24, 2.45) is 11.7 Å². The monoisotopic (exact) mass is 775 g/mol. The molecular formula is C42H49N9O6. The van der Waals surface area contributed by atoms with E-state index in [0.717, 1.165) is 43.5 Å². The van der Waals surface area contributed by atoms with Gasteiger partial charge in [-0.15, -0.1) is 0 Å². The number of aromatic nitrogens is 2. The minimum Gasteiger partial charge on any atom is -0.353 e. The van der Waals surface area contributed by atoms with Gasteiger partial charge in [-0.05, 0) is 78.6 Å². The van der Waals surface area contributed by atoms with Gasteiger partial charge >= 0.3 is 0 Å². The largest absolute Gasteiger partial charge is 0.353 e. The predicted octanol–water partition coefficient (Wildman–Crippen LogP) is 2.44. The molecule has 2 aromatic heterocycles. The van der Waals surface area contributed by atoms with E-state index in [1.807, 2.05) is 29.2 Å². The molecule has 0 bridgehead atoms. The molecule has 2 unspecified atom stereocenters. The van der Waals surface area contributed by atoms with Crippen molar-refractivity contribution in [3.8, 4) is 0 Å². The smallest absolute Gasteiger partial charge is 0.255 e. The molecule has 0 saturated carbocycles. The summed E-state index contributed by atoms with van der Waals surface area (Å²) in [5.74, 6) is -0.242. The second kappa shape index (κ2) is 17.9. The number of carbonyl (C=O) groups excluding carboxylic acids is 6. The molecule has 3 saturated heterocycles. The molecule has 6 amide bonds. The Morgan fingerprint density at radius 1 is 0.912 bits per heavy atom. The van der Waals surface area contributed by atoms with Crippen LogP contribution < -0.4 is 21.3 Å². The Morgan fingerprint density at radius 3 is 2.44 bits per heavy atom. The summed E-state index contributed by atoms with van der Waals surface area (Å²) >= 11 is 0. The van der Waals surface area contributed by atoms with E-state index in [1.165, 1.54) is 11.0 Å². The summed E-state index contributed by atoms with van der Waals surface area (Å²) in [6.45, 7) is 4.13. The van der Waals surface area contributed by atoms with E-state index in [9.17, 15) is 28.8 Å². The average molecular weight is 776 g/mol. The van der Waals surface area contributed by atoms with Crippen LogP contribution in [0.2, 0.25) is 0 Å². The summed E-state index contributed by atoms with van der Waals surface area (Å²) in [5.41, 5.74) is 9.60. The first-order chi connectivity index (χ1) is 27.7. The summed E-state index contributed by atoms with van der Waals surface area (Å²) in [7, 11) is 0. The van der Waals surface area contributed by atoms with E-state index in [-0.39, 0.29) is 48.9 Å². The number of imide groups is 1. The van der Waals surface area contributed by atoms with Crippen molar-refractivity contribution in [3.63, 3.8) is 0 Å². The van der Waals surface area contributed by atoms with Crippen molar-refractivity contribution in [2.45, 2.75) is 63.6 Å². The fourth-order valence-corrected chi connectivity index (χ4v) is 8.17. The first-order valence-electron chi connectivity index (χ1n) is 19.8. The number of carbonyl (C=O) groups is 6. The molecule has 2 atom stereocenters. The van der Waals surface area contributed by atoms with E-state index in [1.54, 1.807) is 47.8 Å². The Bertz CT molecular complexity index is 2010. The van der Waals surface area contributed by atoms with E-state index in [2.05, 4.69) is 25.5 Å². The minimum atomic E-state index is -0.986. The van der Waals surface area contributed by atoms with Gasteiger partial charge in [-0.25, -0.2) is 4.98 Å². The summed E-state index contributed by atoms with van der Waals surface area (Å²) in [4.78, 5) is 92.3. The Morgan fingerprint density at radius 2 is 1.72 bits per heavy atom. The lowest BCUT2D eigenvalue weighted by molar-refractivity contribution is -0.137. The Hall–Kier alpha value is -5.96. The zero-order chi connectivity index (χ0) is 39.9. The van der Waals surface area contributed by atoms with Crippen molar-refractivity contribution in [1.82, 2.24) is 35.3 Å². The first-order valence-corrected chi connectivity index (χ1v) is 19.8. The number of amides is 6. The minimum absolute atomic E-state index is 0.0201. The maximum atomic E-state index is 13.7. The van der Waals surface area contributed by atoms with E-state index < -0.39 is 18.0 Å². The van der Waals surface area contributed by atoms with E-state index >= 15 is 0 Å². The summed E-state index contributed by atoms with van der Waals surface area (Å²) in [5, 5.41) is 5.25. The number of likely N-dealkylation sites (tertiary alicyclic amines) is 1. The molecule has 0 aliphatic carbocycles. The third kappa shape index (κ3) is 9.20. The lowest BCUT2D eigenvalue weighted by Crippen LogP contribution is -2.52. The molecule has 4 aliphatic rings. The van der Waals surface area contributed by atoms with Gasteiger partial charge in [0.25, 0.3) is 11.8 Å². The van der Waals surface area contributed by atoms with Crippen molar-refractivity contribution < 1.29 is 28.8 Å². The topological polar surface area (TPSA) is 191 Å². The van der Waals surface area contributed by atoms with Crippen LogP contribution >= 0.6 is 0 Å². The molecule has 0 radical (unpaired) electrons. The van der Waals surface area contributed by atoms with Crippen LogP contribution in [0.4, 0.5) is 5.82 Å². The Balaban J connectivity index is 0.826. The molecule has 0 spiro atoms. The van der Waals surface area contributed by atoms with Crippen LogP contribution in [0, 0.1) is 5.92 Å². The van der Waals surface area contributed by atoms with Crippen molar-refractivity contribution >= 4 is 47.3 Å². The number of benzene rings is 1. The van der Waals surface area contributed by atoms with Crippen molar-refractivity contribution in [3.05, 3.63) is 94.9 Å². The van der Waals surface area contributed by atoms with Crippen LogP contribution in [0.15, 0.2) is 67.1 Å². The summed E-state index contributed by atoms with van der Waals surface area (Å²) < 4.78 is 0. The molecular weight excluding hydrogens is 727 g/mol. The normalized spacial score (nSPS) is 19.5. The maximum absolute atomic E-state index is 13.7. The number of hydrogen-bond acceptors (Lipinski definition) is 10. The zero-order valence-corrected chi connectivity index (χ0v) is 32.0. The van der Waals surface area contributed by atoms with Crippen LogP contribution in [0.25, 0.3) is 6.08 Å². The Kier molecular flexibility index (Phi) is 12.3. The number of anilines is 1. The molecule has 4 N–H and O–H groups in total. The van der Waals surface area contributed by atoms with Crippen molar-refractivity contribution in [2.75, 3.05) is 50.7 Å². The quantitative estimate of drug-likeness (QED) is 0.140. The molecule has 298 valence electrons. The van der Waals surface area contributed by atoms with Crippen LogP contribution in [0.1, 0.15) is 88.4 Å². The zero-order valence-electron chi connectivity index (χ0n) is 32.0. The van der Waals surface area contributed by atoms with Gasteiger partial charge in [0.05, 0.1) is 5.56 Å².